The van der Waals surface area contributed by atoms with Crippen LogP contribution in [-0.2, 0) is 21.2 Å². The molecule has 0 radical (unpaired) electrons. The van der Waals surface area contributed by atoms with Crippen LogP contribution in [0.2, 0.25) is 0 Å². The number of hydrogen-bond donors (Lipinski definition) is 1. The minimum Gasteiger partial charge on any atom is -0.392 e. The molecule has 1 aliphatic heterocycles. The van der Waals surface area contributed by atoms with E-state index in [9.17, 15) is 17.9 Å². The molecule has 180 valence electrons. The van der Waals surface area contributed by atoms with E-state index in [0.29, 0.717) is 29.9 Å². The summed E-state index contributed by atoms with van der Waals surface area (Å²) in [6.07, 6.45) is 5.89. The summed E-state index contributed by atoms with van der Waals surface area (Å²) < 4.78 is 45.3. The molecule has 4 rings (SSSR count). The van der Waals surface area contributed by atoms with Gasteiger partial charge >= 0.3 is 0 Å². The molecular formula is C23H29BrFN3O4S. The summed E-state index contributed by atoms with van der Waals surface area (Å²) in [5.74, 6) is 1.56. The van der Waals surface area contributed by atoms with Crippen LogP contribution in [0.25, 0.3) is 0 Å². The highest BCUT2D eigenvalue weighted by atomic mass is 79.9. The fraction of sp³-hybridized carbons (Fsp3) is 0.565. The Morgan fingerprint density at radius 2 is 1.97 bits per heavy atom. The Bertz CT molecular complexity index is 1060. The number of aliphatic hydroxyl groups is 1. The van der Waals surface area contributed by atoms with Crippen LogP contribution >= 0.6 is 15.9 Å². The fourth-order valence-corrected chi connectivity index (χ4v) is 6.20. The normalized spacial score (nSPS) is 22.4. The number of hydrogen-bond acceptors (Lipinski definition) is 7. The zero-order chi connectivity index (χ0) is 23.6. The average molecular weight is 542 g/mol. The third-order valence-electron chi connectivity index (χ3n) is 6.45. The molecule has 3 atom stereocenters. The molecule has 2 aromatic rings. The first-order chi connectivity index (χ1) is 15.7. The van der Waals surface area contributed by atoms with Crippen molar-refractivity contribution in [3.8, 4) is 0 Å². The number of aliphatic hydroxyl groups excluding tert-OH is 1. The third-order valence-corrected chi connectivity index (χ3v) is 8.75. The van der Waals surface area contributed by atoms with Gasteiger partial charge in [0.05, 0.1) is 34.4 Å². The largest absolute Gasteiger partial charge is 0.392 e. The number of piperidine rings is 1. The molecule has 1 aromatic heterocycles. The lowest BCUT2D eigenvalue weighted by atomic mass is 9.91. The smallest absolute Gasteiger partial charge is 0.225 e. The molecule has 0 amide bonds. The number of nitrogens with zero attached hydrogens (tertiary/aromatic N) is 3. The van der Waals surface area contributed by atoms with Gasteiger partial charge in [0.25, 0.3) is 0 Å². The van der Waals surface area contributed by atoms with E-state index in [2.05, 4.69) is 30.8 Å². The monoisotopic (exact) mass is 541 g/mol. The Balaban J connectivity index is 1.21. The molecule has 33 heavy (non-hydrogen) atoms. The van der Waals surface area contributed by atoms with E-state index < -0.39 is 27.5 Å². The number of halogens is 2. The maximum absolute atomic E-state index is 14.4. The van der Waals surface area contributed by atoms with E-state index in [4.69, 9.17) is 4.74 Å². The van der Waals surface area contributed by atoms with Crippen molar-refractivity contribution in [2.24, 2.45) is 17.8 Å². The van der Waals surface area contributed by atoms with E-state index in [1.807, 2.05) is 0 Å². The first-order valence-electron chi connectivity index (χ1n) is 11.2. The van der Waals surface area contributed by atoms with E-state index in [1.54, 1.807) is 12.4 Å². The average Bonchev–Trinajstić information content (AvgIpc) is 3.54. The molecular weight excluding hydrogens is 513 g/mol. The van der Waals surface area contributed by atoms with E-state index >= 15 is 0 Å². The van der Waals surface area contributed by atoms with Crippen molar-refractivity contribution in [1.29, 1.82) is 0 Å². The van der Waals surface area contributed by atoms with Crippen LogP contribution in [0.3, 0.4) is 0 Å². The van der Waals surface area contributed by atoms with Gasteiger partial charge in [0.2, 0.25) is 5.95 Å². The van der Waals surface area contributed by atoms with Gasteiger partial charge in [-0.1, -0.05) is 6.07 Å². The number of anilines is 1. The Labute approximate surface area is 202 Å². The standard InChI is InChI=1S/C23H29BrFN3O4S/c1-15(29)14-33(30,31)20-3-2-17(22(25)9-20)12-32-13-18-8-21(18)16-4-6-28(7-5-16)23-26-10-19(24)11-27-23/h2-3,9-11,15-16,18,21,29H,4-8,12-14H2,1H3/t15?,18-,21+/m0/s1. The summed E-state index contributed by atoms with van der Waals surface area (Å²) >= 11 is 3.36. The van der Waals surface area contributed by atoms with Crippen LogP contribution in [0.1, 0.15) is 31.7 Å². The van der Waals surface area contributed by atoms with Crippen molar-refractivity contribution in [3.63, 3.8) is 0 Å². The molecule has 1 unspecified atom stereocenters. The lowest BCUT2D eigenvalue weighted by Gasteiger charge is -2.32. The Morgan fingerprint density at radius 3 is 2.61 bits per heavy atom. The summed E-state index contributed by atoms with van der Waals surface area (Å²) in [5.41, 5.74) is 0.339. The van der Waals surface area contributed by atoms with Crippen LogP contribution in [0, 0.1) is 23.6 Å². The molecule has 0 spiro atoms. The van der Waals surface area contributed by atoms with Crippen LogP contribution in [0.15, 0.2) is 40.0 Å². The van der Waals surface area contributed by atoms with Gasteiger partial charge in [0, 0.05) is 31.0 Å². The molecule has 1 N–H and O–H groups in total. The lowest BCUT2D eigenvalue weighted by Crippen LogP contribution is -2.35. The maximum atomic E-state index is 14.4. The highest BCUT2D eigenvalue weighted by Gasteiger charge is 2.43. The fourth-order valence-electron chi connectivity index (χ4n) is 4.61. The minimum absolute atomic E-state index is 0.116. The van der Waals surface area contributed by atoms with E-state index in [-0.39, 0.29) is 11.5 Å². The molecule has 1 aromatic carbocycles. The number of rotatable bonds is 9. The van der Waals surface area contributed by atoms with Crippen molar-refractivity contribution in [3.05, 3.63) is 46.4 Å². The molecule has 1 aliphatic carbocycles. The summed E-state index contributed by atoms with van der Waals surface area (Å²) in [7, 11) is -3.71. The first kappa shape index (κ1) is 24.5. The van der Waals surface area contributed by atoms with Crippen LogP contribution in [0.4, 0.5) is 10.3 Å². The predicted molar refractivity (Wildman–Crippen MR) is 126 cm³/mol. The van der Waals surface area contributed by atoms with Gasteiger partial charge < -0.3 is 14.7 Å². The second-order valence-electron chi connectivity index (χ2n) is 9.08. The molecule has 0 bridgehead atoms. The zero-order valence-electron chi connectivity index (χ0n) is 18.5. The van der Waals surface area contributed by atoms with Gasteiger partial charge in [-0.2, -0.15) is 0 Å². The Kier molecular flexibility index (Phi) is 7.67. The lowest BCUT2D eigenvalue weighted by molar-refractivity contribution is 0.102. The minimum atomic E-state index is -3.71. The second kappa shape index (κ2) is 10.3. The highest BCUT2D eigenvalue weighted by molar-refractivity contribution is 9.10. The highest BCUT2D eigenvalue weighted by Crippen LogP contribution is 2.48. The van der Waals surface area contributed by atoms with Crippen molar-refractivity contribution >= 4 is 31.7 Å². The molecule has 2 heterocycles. The van der Waals surface area contributed by atoms with E-state index in [0.717, 1.165) is 48.8 Å². The molecule has 7 nitrogen and oxygen atoms in total. The van der Waals surface area contributed by atoms with Crippen LogP contribution in [-0.4, -0.2) is 55.0 Å². The van der Waals surface area contributed by atoms with Crippen LogP contribution < -0.4 is 4.90 Å². The molecule has 2 fully saturated rings. The summed E-state index contributed by atoms with van der Waals surface area (Å²) in [6, 6.07) is 3.84. The summed E-state index contributed by atoms with van der Waals surface area (Å²) in [5, 5.41) is 9.33. The predicted octanol–water partition coefficient (Wildman–Crippen LogP) is 3.60. The second-order valence-corrected chi connectivity index (χ2v) is 12.0. The summed E-state index contributed by atoms with van der Waals surface area (Å²) in [6.45, 7) is 3.99. The molecule has 1 saturated carbocycles. The third kappa shape index (κ3) is 6.29. The van der Waals surface area contributed by atoms with Crippen molar-refractivity contribution < 1.29 is 22.7 Å². The maximum Gasteiger partial charge on any atom is 0.225 e. The topological polar surface area (TPSA) is 92.6 Å². The Morgan fingerprint density at radius 1 is 1.27 bits per heavy atom. The first-order valence-corrected chi connectivity index (χ1v) is 13.7. The number of ether oxygens (including phenoxy) is 1. The van der Waals surface area contributed by atoms with Crippen molar-refractivity contribution in [1.82, 2.24) is 9.97 Å². The van der Waals surface area contributed by atoms with Gasteiger partial charge in [-0.3, -0.25) is 0 Å². The van der Waals surface area contributed by atoms with Gasteiger partial charge in [0.1, 0.15) is 5.82 Å². The zero-order valence-corrected chi connectivity index (χ0v) is 20.9. The Hall–Kier alpha value is -1.62. The quantitative estimate of drug-likeness (QED) is 0.518. The molecule has 10 heteroatoms. The number of sulfone groups is 1. The number of aromatic nitrogens is 2. The SMILES string of the molecule is CC(O)CS(=O)(=O)c1ccc(COC[C@@H]2C[C@@H]2C2CCN(c3ncc(Br)cn3)CC2)c(F)c1. The van der Waals surface area contributed by atoms with E-state index in [1.165, 1.54) is 19.1 Å². The van der Waals surface area contributed by atoms with Gasteiger partial charge in [0.15, 0.2) is 9.84 Å². The summed E-state index contributed by atoms with van der Waals surface area (Å²) in [4.78, 5) is 10.9. The number of benzene rings is 1. The van der Waals surface area contributed by atoms with Crippen molar-refractivity contribution in [2.45, 2.75) is 43.8 Å². The molecule has 2 aliphatic rings. The molecule has 1 saturated heterocycles. The van der Waals surface area contributed by atoms with Gasteiger partial charge in [-0.25, -0.2) is 22.8 Å². The van der Waals surface area contributed by atoms with Gasteiger partial charge in [-0.05, 0) is 72.0 Å². The van der Waals surface area contributed by atoms with Crippen LogP contribution in [0.5, 0.6) is 0 Å². The van der Waals surface area contributed by atoms with Crippen molar-refractivity contribution in [2.75, 3.05) is 30.3 Å². The van der Waals surface area contributed by atoms with Gasteiger partial charge in [-0.15, -0.1) is 0 Å².